The number of likely N-dealkylation sites (tertiary alicyclic amines) is 1. The van der Waals surface area contributed by atoms with Crippen LogP contribution in [0.4, 0.5) is 4.39 Å². The second-order valence-corrected chi connectivity index (χ2v) is 11.9. The summed E-state index contributed by atoms with van der Waals surface area (Å²) in [6, 6.07) is 7.31. The van der Waals surface area contributed by atoms with Crippen molar-refractivity contribution in [2.45, 2.75) is 75.6 Å². The number of nitrogens with zero attached hydrogens (tertiary/aromatic N) is 2. The van der Waals surface area contributed by atoms with Crippen LogP contribution in [0.2, 0.25) is 0 Å². The Morgan fingerprint density at radius 1 is 1.19 bits per heavy atom. The largest absolute Gasteiger partial charge is 0.497 e. The lowest BCUT2D eigenvalue weighted by atomic mass is 9.79. The molecule has 2 aliphatic rings. The van der Waals surface area contributed by atoms with Gasteiger partial charge in [-0.25, -0.2) is 4.39 Å². The van der Waals surface area contributed by atoms with Crippen LogP contribution >= 0.6 is 11.8 Å². The molecule has 1 saturated carbocycles. The van der Waals surface area contributed by atoms with Crippen LogP contribution in [-0.4, -0.2) is 58.7 Å². The van der Waals surface area contributed by atoms with E-state index < -0.39 is 12.1 Å². The molecule has 1 aliphatic heterocycles. The Kier molecular flexibility index (Phi) is 10.3. The summed E-state index contributed by atoms with van der Waals surface area (Å²) in [7, 11) is 1.61. The molecule has 0 spiro atoms. The smallest absolute Gasteiger partial charge is 0.303 e. The second kappa shape index (κ2) is 13.6. The number of aliphatic carboxylic acids is 1. The van der Waals surface area contributed by atoms with Gasteiger partial charge in [0.1, 0.15) is 11.9 Å². The number of methoxy groups -OCH3 is 1. The highest BCUT2D eigenvalue weighted by Crippen LogP contribution is 2.36. The topological polar surface area (TPSA) is 62.7 Å². The summed E-state index contributed by atoms with van der Waals surface area (Å²) in [5, 5.41) is 11.1. The third-order valence-electron chi connectivity index (χ3n) is 8.09. The van der Waals surface area contributed by atoms with Crippen molar-refractivity contribution in [2.24, 2.45) is 11.8 Å². The van der Waals surface area contributed by atoms with E-state index in [0.29, 0.717) is 24.2 Å². The summed E-state index contributed by atoms with van der Waals surface area (Å²) in [6.07, 6.45) is 11.0. The highest BCUT2D eigenvalue weighted by Gasteiger charge is 2.31. The van der Waals surface area contributed by atoms with Crippen molar-refractivity contribution in [1.29, 1.82) is 0 Å². The number of aromatic nitrogens is 1. The molecule has 1 N–H and O–H groups in total. The number of thioether (sulfide) groups is 1. The van der Waals surface area contributed by atoms with Crippen LogP contribution < -0.4 is 4.74 Å². The van der Waals surface area contributed by atoms with Gasteiger partial charge in [0, 0.05) is 42.1 Å². The summed E-state index contributed by atoms with van der Waals surface area (Å²) >= 11 is 2.11. The van der Waals surface area contributed by atoms with Crippen molar-refractivity contribution in [2.75, 3.05) is 32.5 Å². The molecule has 1 aromatic heterocycles. The van der Waals surface area contributed by atoms with Crippen molar-refractivity contribution in [3.05, 3.63) is 36.0 Å². The summed E-state index contributed by atoms with van der Waals surface area (Å²) in [5.41, 5.74) is 1.40. The van der Waals surface area contributed by atoms with E-state index in [9.17, 15) is 9.90 Å². The number of carbonyl (C=O) groups is 1. The van der Waals surface area contributed by atoms with Crippen LogP contribution in [0.3, 0.4) is 0 Å². The number of carboxylic acid groups (broad SMARTS) is 1. The molecular weight excluding hydrogens is 475 g/mol. The molecule has 198 valence electrons. The van der Waals surface area contributed by atoms with Gasteiger partial charge in [0.25, 0.3) is 0 Å². The standard InChI is InChI=1S/C29H41FN2O3S/c1-35-23-9-11-28-26(19-23)25(12-14-31-28)27(30)10-8-21-13-15-32(20-22(21)18-29(33)34)16-17-36-24-6-4-2-3-5-7-24/h9,11-12,14,19,21-22,24,27H,2-8,10,13,15-18,20H2,1H3,(H,33,34)/t21-,22+,27+/m1/s1. The summed E-state index contributed by atoms with van der Waals surface area (Å²) in [5.74, 6) is 1.40. The number of rotatable bonds is 11. The normalized spacial score (nSPS) is 22.8. The monoisotopic (exact) mass is 516 g/mol. The number of hydrogen-bond donors (Lipinski definition) is 1. The third-order valence-corrected chi connectivity index (χ3v) is 9.45. The van der Waals surface area contributed by atoms with Gasteiger partial charge in [-0.05, 0) is 80.3 Å². The van der Waals surface area contributed by atoms with E-state index in [0.717, 1.165) is 48.0 Å². The molecule has 0 amide bonds. The first-order valence-electron chi connectivity index (χ1n) is 13.7. The molecule has 5 nitrogen and oxygen atoms in total. The molecule has 7 heteroatoms. The quantitative estimate of drug-likeness (QED) is 0.328. The zero-order chi connectivity index (χ0) is 25.3. The highest BCUT2D eigenvalue weighted by atomic mass is 32.2. The number of pyridine rings is 1. The predicted octanol–water partition coefficient (Wildman–Crippen LogP) is 6.90. The van der Waals surface area contributed by atoms with Crippen molar-refractivity contribution < 1.29 is 19.0 Å². The number of hydrogen-bond acceptors (Lipinski definition) is 5. The van der Waals surface area contributed by atoms with Gasteiger partial charge in [0.05, 0.1) is 12.6 Å². The van der Waals surface area contributed by atoms with Gasteiger partial charge in [-0.1, -0.05) is 25.7 Å². The lowest BCUT2D eigenvalue weighted by Crippen LogP contribution is -2.42. The maximum atomic E-state index is 15.5. The number of fused-ring (bicyclic) bond motifs is 1. The molecule has 3 atom stereocenters. The van der Waals surface area contributed by atoms with Crippen LogP contribution in [-0.2, 0) is 4.79 Å². The molecule has 36 heavy (non-hydrogen) atoms. The zero-order valence-electron chi connectivity index (χ0n) is 21.5. The number of halogens is 1. The van der Waals surface area contributed by atoms with Gasteiger partial charge in [-0.3, -0.25) is 9.78 Å². The third kappa shape index (κ3) is 7.58. The molecule has 1 aromatic carbocycles. The number of piperidine rings is 1. The molecule has 2 heterocycles. The first kappa shape index (κ1) is 27.2. The van der Waals surface area contributed by atoms with Gasteiger partial charge < -0.3 is 14.7 Å². The lowest BCUT2D eigenvalue weighted by Gasteiger charge is -2.38. The van der Waals surface area contributed by atoms with Gasteiger partial charge >= 0.3 is 5.97 Å². The van der Waals surface area contributed by atoms with Gasteiger partial charge in [0.15, 0.2) is 0 Å². The maximum Gasteiger partial charge on any atom is 0.303 e. The average molecular weight is 517 g/mol. The van der Waals surface area contributed by atoms with E-state index in [1.54, 1.807) is 19.4 Å². The van der Waals surface area contributed by atoms with Gasteiger partial charge in [-0.2, -0.15) is 11.8 Å². The van der Waals surface area contributed by atoms with E-state index in [2.05, 4.69) is 21.6 Å². The molecule has 1 saturated heterocycles. The average Bonchev–Trinajstić information content (AvgIpc) is 3.16. The molecule has 0 unspecified atom stereocenters. The molecule has 2 fully saturated rings. The fourth-order valence-corrected chi connectivity index (χ4v) is 7.38. The Hall–Kier alpha value is -1.86. The molecule has 0 radical (unpaired) electrons. The van der Waals surface area contributed by atoms with Crippen LogP contribution in [0.25, 0.3) is 10.9 Å². The molecular formula is C29H41FN2O3S. The van der Waals surface area contributed by atoms with E-state index in [1.807, 2.05) is 18.2 Å². The fraction of sp³-hybridized carbons (Fsp3) is 0.655. The molecule has 1 aliphatic carbocycles. The van der Waals surface area contributed by atoms with Crippen molar-refractivity contribution in [3.63, 3.8) is 0 Å². The predicted molar refractivity (Wildman–Crippen MR) is 146 cm³/mol. The Labute approximate surface area is 219 Å². The molecule has 4 rings (SSSR count). The second-order valence-electron chi connectivity index (χ2n) is 10.5. The number of benzene rings is 1. The maximum absolute atomic E-state index is 15.5. The zero-order valence-corrected chi connectivity index (χ0v) is 22.4. The summed E-state index contributed by atoms with van der Waals surface area (Å²) in [4.78, 5) is 18.4. The van der Waals surface area contributed by atoms with E-state index >= 15 is 4.39 Å². The fourth-order valence-electron chi connectivity index (χ4n) is 6.01. The van der Waals surface area contributed by atoms with E-state index in [1.165, 1.54) is 38.5 Å². The van der Waals surface area contributed by atoms with Gasteiger partial charge in [0.2, 0.25) is 0 Å². The highest BCUT2D eigenvalue weighted by molar-refractivity contribution is 7.99. The minimum absolute atomic E-state index is 0.0839. The molecule has 2 aromatic rings. The van der Waals surface area contributed by atoms with Crippen molar-refractivity contribution in [1.82, 2.24) is 9.88 Å². The van der Waals surface area contributed by atoms with Crippen LogP contribution in [0, 0.1) is 11.8 Å². The van der Waals surface area contributed by atoms with Crippen LogP contribution in [0.1, 0.15) is 75.9 Å². The number of carboxylic acids is 1. The van der Waals surface area contributed by atoms with Crippen LogP contribution in [0.5, 0.6) is 5.75 Å². The Morgan fingerprint density at radius 3 is 2.75 bits per heavy atom. The molecule has 0 bridgehead atoms. The Bertz CT molecular complexity index is 982. The van der Waals surface area contributed by atoms with Crippen molar-refractivity contribution >= 4 is 28.6 Å². The minimum Gasteiger partial charge on any atom is -0.497 e. The van der Waals surface area contributed by atoms with E-state index in [4.69, 9.17) is 4.74 Å². The van der Waals surface area contributed by atoms with E-state index in [-0.39, 0.29) is 18.3 Å². The first-order valence-corrected chi connectivity index (χ1v) is 14.7. The van der Waals surface area contributed by atoms with Crippen molar-refractivity contribution in [3.8, 4) is 5.75 Å². The first-order chi connectivity index (χ1) is 17.5. The number of ether oxygens (including phenoxy) is 1. The SMILES string of the molecule is COc1ccc2nccc([C@@H](F)CC[C@@H]3CCN(CCSC4CCCCCC4)C[C@@H]3CC(=O)O)c2c1. The Balaban J connectivity index is 1.31. The summed E-state index contributed by atoms with van der Waals surface area (Å²) in [6.45, 7) is 2.83. The minimum atomic E-state index is -1.11. The lowest BCUT2D eigenvalue weighted by molar-refractivity contribution is -0.139. The Morgan fingerprint density at radius 2 is 2.00 bits per heavy atom. The van der Waals surface area contributed by atoms with Crippen LogP contribution in [0.15, 0.2) is 30.5 Å². The summed E-state index contributed by atoms with van der Waals surface area (Å²) < 4.78 is 20.8. The number of alkyl halides is 1. The van der Waals surface area contributed by atoms with Gasteiger partial charge in [-0.15, -0.1) is 0 Å².